The van der Waals surface area contributed by atoms with Crippen LogP contribution in [0.15, 0.2) is 48.8 Å². The molecule has 34 heavy (non-hydrogen) atoms. The number of aromatic nitrogens is 5. The van der Waals surface area contributed by atoms with Gasteiger partial charge in [-0.05, 0) is 31.2 Å². The molecule has 178 valence electrons. The van der Waals surface area contributed by atoms with Crippen molar-refractivity contribution in [3.63, 3.8) is 0 Å². The zero-order valence-corrected chi connectivity index (χ0v) is 17.9. The van der Waals surface area contributed by atoms with Crippen molar-refractivity contribution in [3.8, 4) is 5.75 Å². The van der Waals surface area contributed by atoms with Gasteiger partial charge in [-0.15, -0.1) is 0 Å². The maximum atomic E-state index is 14.0. The van der Waals surface area contributed by atoms with E-state index in [2.05, 4.69) is 20.5 Å². The smallest absolute Gasteiger partial charge is 0.459 e. The molecule has 0 unspecified atom stereocenters. The van der Waals surface area contributed by atoms with Crippen molar-refractivity contribution < 1.29 is 31.5 Å². The molecule has 0 radical (unpaired) electrons. The normalized spacial score (nSPS) is 12.2. The highest BCUT2D eigenvalue weighted by molar-refractivity contribution is 6.30. The summed E-state index contributed by atoms with van der Waals surface area (Å²) < 4.78 is 73.9. The number of benzene rings is 1. The number of aryl methyl sites for hydroxylation is 1. The number of nitrogens with zero attached hydrogens (tertiary/aromatic N) is 5. The van der Waals surface area contributed by atoms with Crippen LogP contribution in [-0.4, -0.2) is 36.5 Å². The van der Waals surface area contributed by atoms with Crippen molar-refractivity contribution in [2.45, 2.75) is 25.8 Å². The SMILES string of the molecule is Cc1cc(C(F)(F)C(F)(F)F)n2nc(C(=O)Nc3cnn(COc4cccc(Cl)c4)c3)cc2n1. The number of carbonyl (C=O) groups is 1. The fourth-order valence-corrected chi connectivity index (χ4v) is 3.15. The van der Waals surface area contributed by atoms with Crippen LogP contribution in [0.5, 0.6) is 5.75 Å². The molecule has 0 aliphatic heterocycles. The van der Waals surface area contributed by atoms with Crippen molar-refractivity contribution in [3.05, 3.63) is 70.9 Å². The molecule has 14 heteroatoms. The van der Waals surface area contributed by atoms with Crippen molar-refractivity contribution >= 4 is 28.8 Å². The number of hydrogen-bond donors (Lipinski definition) is 1. The molecule has 0 aliphatic carbocycles. The highest BCUT2D eigenvalue weighted by atomic mass is 35.5. The van der Waals surface area contributed by atoms with E-state index in [0.717, 1.165) is 6.07 Å². The van der Waals surface area contributed by atoms with Gasteiger partial charge in [-0.3, -0.25) is 4.79 Å². The quantitative estimate of drug-likeness (QED) is 0.383. The first-order valence-corrected chi connectivity index (χ1v) is 9.86. The molecule has 0 aliphatic rings. The molecule has 3 aromatic heterocycles. The van der Waals surface area contributed by atoms with Crippen molar-refractivity contribution in [2.75, 3.05) is 5.32 Å². The van der Waals surface area contributed by atoms with Gasteiger partial charge in [0.25, 0.3) is 5.91 Å². The second-order valence-electron chi connectivity index (χ2n) is 7.11. The molecule has 0 fully saturated rings. The molecule has 1 amide bonds. The van der Waals surface area contributed by atoms with Crippen LogP contribution in [0.2, 0.25) is 5.02 Å². The molecular formula is C20H14ClF5N6O2. The number of nitrogens with one attached hydrogen (secondary N) is 1. The second kappa shape index (κ2) is 8.56. The van der Waals surface area contributed by atoms with Gasteiger partial charge in [0.2, 0.25) is 0 Å². The minimum absolute atomic E-state index is 0.0103. The van der Waals surface area contributed by atoms with Gasteiger partial charge in [-0.25, -0.2) is 14.2 Å². The molecule has 0 bridgehead atoms. The van der Waals surface area contributed by atoms with Crippen LogP contribution < -0.4 is 10.1 Å². The van der Waals surface area contributed by atoms with Gasteiger partial charge in [-0.1, -0.05) is 17.7 Å². The van der Waals surface area contributed by atoms with Crippen LogP contribution in [0.3, 0.4) is 0 Å². The predicted octanol–water partition coefficient (Wildman–Crippen LogP) is 4.83. The Bertz CT molecular complexity index is 1370. The Balaban J connectivity index is 1.52. The average molecular weight is 501 g/mol. The van der Waals surface area contributed by atoms with E-state index in [-0.39, 0.29) is 23.8 Å². The summed E-state index contributed by atoms with van der Waals surface area (Å²) in [5.74, 6) is -5.57. The van der Waals surface area contributed by atoms with E-state index < -0.39 is 29.4 Å². The highest BCUT2D eigenvalue weighted by Gasteiger charge is 2.60. The molecule has 1 N–H and O–H groups in total. The fraction of sp³-hybridized carbons (Fsp3) is 0.200. The number of amides is 1. The van der Waals surface area contributed by atoms with E-state index in [1.54, 1.807) is 24.3 Å². The summed E-state index contributed by atoms with van der Waals surface area (Å²) in [5.41, 5.74) is -2.09. The number of hydrogen-bond acceptors (Lipinski definition) is 5. The minimum Gasteiger partial charge on any atom is -0.471 e. The van der Waals surface area contributed by atoms with Gasteiger partial charge < -0.3 is 10.1 Å². The minimum atomic E-state index is -5.86. The molecule has 3 heterocycles. The third-order valence-corrected chi connectivity index (χ3v) is 4.75. The molecule has 4 rings (SSSR count). The number of halogens is 6. The second-order valence-corrected chi connectivity index (χ2v) is 7.54. The van der Waals surface area contributed by atoms with Crippen molar-refractivity contribution in [1.82, 2.24) is 24.4 Å². The lowest BCUT2D eigenvalue weighted by Crippen LogP contribution is -2.36. The summed E-state index contributed by atoms with van der Waals surface area (Å²) in [6.07, 6.45) is -3.14. The van der Waals surface area contributed by atoms with Crippen LogP contribution >= 0.6 is 11.6 Å². The Hall–Kier alpha value is -3.74. The van der Waals surface area contributed by atoms with Gasteiger partial charge in [0.1, 0.15) is 11.4 Å². The summed E-state index contributed by atoms with van der Waals surface area (Å²) in [6, 6.07) is 8.24. The first-order chi connectivity index (χ1) is 15.9. The summed E-state index contributed by atoms with van der Waals surface area (Å²) in [4.78, 5) is 16.4. The largest absolute Gasteiger partial charge is 0.471 e. The molecule has 0 spiro atoms. The molecule has 0 saturated heterocycles. The molecule has 1 aromatic carbocycles. The maximum absolute atomic E-state index is 14.0. The third kappa shape index (κ3) is 4.64. The van der Waals surface area contributed by atoms with Crippen molar-refractivity contribution in [2.24, 2.45) is 0 Å². The van der Waals surface area contributed by atoms with Crippen molar-refractivity contribution in [1.29, 1.82) is 0 Å². The first kappa shape index (κ1) is 23.4. The first-order valence-electron chi connectivity index (χ1n) is 9.48. The maximum Gasteiger partial charge on any atom is 0.459 e. The number of ether oxygens (including phenoxy) is 1. The topological polar surface area (TPSA) is 86.3 Å². The predicted molar refractivity (Wildman–Crippen MR) is 110 cm³/mol. The van der Waals surface area contributed by atoms with Gasteiger partial charge >= 0.3 is 12.1 Å². The Kier molecular flexibility index (Phi) is 5.89. The lowest BCUT2D eigenvalue weighted by molar-refractivity contribution is -0.291. The Labute approximate surface area is 192 Å². The Morgan fingerprint density at radius 3 is 2.65 bits per heavy atom. The summed E-state index contributed by atoms with van der Waals surface area (Å²) in [5, 5.41) is 10.6. The number of rotatable bonds is 6. The van der Waals surface area contributed by atoms with E-state index in [1.165, 1.54) is 24.0 Å². The standard InChI is InChI=1S/C20H14ClF5N6O2/c1-11-5-16(19(22,23)20(24,25)26)32-17(28-11)7-15(30-32)18(33)29-13-8-27-31(9-13)10-34-14-4-2-3-12(21)6-14/h2-9H,10H2,1H3,(H,29,33). The Morgan fingerprint density at radius 2 is 1.94 bits per heavy atom. The molecule has 8 nitrogen and oxygen atoms in total. The number of carbonyl (C=O) groups excluding carboxylic acids is 1. The van der Waals surface area contributed by atoms with Crippen LogP contribution in [0.25, 0.3) is 5.65 Å². The lowest BCUT2D eigenvalue weighted by atomic mass is 10.2. The molecule has 0 atom stereocenters. The van der Waals surface area contributed by atoms with Gasteiger partial charge in [0.15, 0.2) is 18.1 Å². The molecular weight excluding hydrogens is 487 g/mol. The van der Waals surface area contributed by atoms with Crippen LogP contribution in [0.1, 0.15) is 21.9 Å². The van der Waals surface area contributed by atoms with Crippen LogP contribution in [0.4, 0.5) is 27.6 Å². The number of alkyl halides is 5. The average Bonchev–Trinajstić information content (AvgIpc) is 3.37. The van der Waals surface area contributed by atoms with Gasteiger partial charge in [-0.2, -0.15) is 32.1 Å². The van der Waals surface area contributed by atoms with Crippen LogP contribution in [-0.2, 0) is 12.7 Å². The summed E-state index contributed by atoms with van der Waals surface area (Å²) in [6.45, 7) is 1.24. The molecule has 4 aromatic rings. The van der Waals surface area contributed by atoms with E-state index in [9.17, 15) is 26.7 Å². The number of anilines is 1. The summed E-state index contributed by atoms with van der Waals surface area (Å²) in [7, 11) is 0. The zero-order valence-electron chi connectivity index (χ0n) is 17.1. The van der Waals surface area contributed by atoms with E-state index in [4.69, 9.17) is 16.3 Å². The van der Waals surface area contributed by atoms with Crippen LogP contribution in [0, 0.1) is 6.92 Å². The van der Waals surface area contributed by atoms with E-state index >= 15 is 0 Å². The van der Waals surface area contributed by atoms with Gasteiger partial charge in [0, 0.05) is 16.8 Å². The third-order valence-electron chi connectivity index (χ3n) is 4.52. The van der Waals surface area contributed by atoms with Gasteiger partial charge in [0.05, 0.1) is 18.1 Å². The van der Waals surface area contributed by atoms with E-state index in [1.807, 2.05) is 0 Å². The Morgan fingerprint density at radius 1 is 1.18 bits per heavy atom. The number of fused-ring (bicyclic) bond motifs is 1. The highest BCUT2D eigenvalue weighted by Crippen LogP contribution is 2.43. The zero-order chi connectivity index (χ0) is 24.7. The lowest BCUT2D eigenvalue weighted by Gasteiger charge is -2.20. The van der Waals surface area contributed by atoms with E-state index in [0.29, 0.717) is 21.4 Å². The summed E-state index contributed by atoms with van der Waals surface area (Å²) >= 11 is 5.88. The molecule has 0 saturated carbocycles. The fourth-order valence-electron chi connectivity index (χ4n) is 2.97. The monoisotopic (exact) mass is 500 g/mol.